The molecule has 1 aromatic carbocycles. The molecule has 0 aromatic heterocycles. The molecule has 0 heterocycles. The van der Waals surface area contributed by atoms with Crippen molar-refractivity contribution in [3.8, 4) is 0 Å². The summed E-state index contributed by atoms with van der Waals surface area (Å²) in [6.07, 6.45) is 4.10. The van der Waals surface area contributed by atoms with Crippen LogP contribution >= 0.6 is 0 Å². The smallest absolute Gasteiger partial charge is 0.126 e. The molecule has 0 saturated carbocycles. The highest BCUT2D eigenvalue weighted by atomic mass is 19.1. The highest BCUT2D eigenvalue weighted by molar-refractivity contribution is 5.35. The van der Waals surface area contributed by atoms with Crippen LogP contribution in [0.25, 0.3) is 0 Å². The first-order chi connectivity index (χ1) is 8.20. The second kappa shape index (κ2) is 4.18. The molecule has 2 heteroatoms. The molecule has 0 nitrogen and oxygen atoms in total. The second-order valence-electron chi connectivity index (χ2n) is 6.58. The largest absolute Gasteiger partial charge is 0.207 e. The Hall–Kier alpha value is -1.18. The van der Waals surface area contributed by atoms with Crippen LogP contribution in [0.2, 0.25) is 0 Å². The van der Waals surface area contributed by atoms with Gasteiger partial charge in [0.2, 0.25) is 0 Å². The lowest BCUT2D eigenvalue weighted by Crippen LogP contribution is -2.32. The van der Waals surface area contributed by atoms with E-state index in [1.165, 1.54) is 17.7 Å². The van der Waals surface area contributed by atoms with Gasteiger partial charge in [-0.2, -0.15) is 0 Å². The summed E-state index contributed by atoms with van der Waals surface area (Å²) in [5, 5.41) is 0. The Morgan fingerprint density at radius 2 is 1.56 bits per heavy atom. The molecular formula is C16H20F2. The monoisotopic (exact) mass is 250 g/mol. The van der Waals surface area contributed by atoms with Crippen LogP contribution in [0.15, 0.2) is 29.8 Å². The standard InChI is InChI=1S/C16H20F2/c1-11-8-15(2,3)10-16(4,9-11)12-5-13(17)7-14(18)6-12/h5-7,9H,8,10H2,1-4H3/t16-/m0/s1. The van der Waals surface area contributed by atoms with Gasteiger partial charge < -0.3 is 0 Å². The normalized spacial score (nSPS) is 26.9. The van der Waals surface area contributed by atoms with Gasteiger partial charge in [0.15, 0.2) is 0 Å². The van der Waals surface area contributed by atoms with Gasteiger partial charge >= 0.3 is 0 Å². The zero-order valence-electron chi connectivity index (χ0n) is 11.5. The van der Waals surface area contributed by atoms with Crippen LogP contribution in [0.3, 0.4) is 0 Å². The lowest BCUT2D eigenvalue weighted by molar-refractivity contribution is 0.252. The number of halogens is 2. The fourth-order valence-electron chi connectivity index (χ4n) is 3.53. The molecule has 1 atom stereocenters. The Morgan fingerprint density at radius 3 is 2.06 bits per heavy atom. The summed E-state index contributed by atoms with van der Waals surface area (Å²) < 4.78 is 26.8. The summed E-state index contributed by atoms with van der Waals surface area (Å²) >= 11 is 0. The molecular weight excluding hydrogens is 230 g/mol. The predicted molar refractivity (Wildman–Crippen MR) is 70.5 cm³/mol. The molecule has 0 saturated heterocycles. The number of hydrogen-bond donors (Lipinski definition) is 0. The summed E-state index contributed by atoms with van der Waals surface area (Å²) in [5.41, 5.74) is 1.90. The number of benzene rings is 1. The van der Waals surface area contributed by atoms with Gasteiger partial charge in [-0.05, 0) is 42.9 Å². The SMILES string of the molecule is CC1=C[C@](C)(c2cc(F)cc(F)c2)CC(C)(C)C1. The van der Waals surface area contributed by atoms with E-state index in [2.05, 4.69) is 33.8 Å². The van der Waals surface area contributed by atoms with Crippen LogP contribution < -0.4 is 0 Å². The molecule has 1 aromatic rings. The molecule has 18 heavy (non-hydrogen) atoms. The van der Waals surface area contributed by atoms with Crippen molar-refractivity contribution in [1.29, 1.82) is 0 Å². The minimum atomic E-state index is -0.499. The molecule has 1 aliphatic rings. The molecule has 0 fully saturated rings. The van der Waals surface area contributed by atoms with Crippen molar-refractivity contribution in [2.45, 2.75) is 46.0 Å². The van der Waals surface area contributed by atoms with E-state index in [-0.39, 0.29) is 10.8 Å². The van der Waals surface area contributed by atoms with Crippen LogP contribution in [0.4, 0.5) is 8.78 Å². The first-order valence-corrected chi connectivity index (χ1v) is 6.35. The van der Waals surface area contributed by atoms with Crippen molar-refractivity contribution in [2.24, 2.45) is 5.41 Å². The summed E-state index contributed by atoms with van der Waals surface area (Å²) in [7, 11) is 0. The van der Waals surface area contributed by atoms with Crippen molar-refractivity contribution in [3.63, 3.8) is 0 Å². The second-order valence-corrected chi connectivity index (χ2v) is 6.58. The Balaban J connectivity index is 2.50. The van der Waals surface area contributed by atoms with Crippen molar-refractivity contribution >= 4 is 0 Å². The zero-order chi connectivity index (χ0) is 13.6. The van der Waals surface area contributed by atoms with E-state index in [1.54, 1.807) is 0 Å². The van der Waals surface area contributed by atoms with Gasteiger partial charge in [-0.3, -0.25) is 0 Å². The van der Waals surface area contributed by atoms with E-state index < -0.39 is 11.6 Å². The van der Waals surface area contributed by atoms with Gasteiger partial charge in [0.05, 0.1) is 0 Å². The zero-order valence-corrected chi connectivity index (χ0v) is 11.5. The van der Waals surface area contributed by atoms with E-state index in [0.29, 0.717) is 0 Å². The Kier molecular flexibility index (Phi) is 3.08. The third-order valence-corrected chi connectivity index (χ3v) is 3.69. The lowest BCUT2D eigenvalue weighted by atomic mass is 9.63. The minimum absolute atomic E-state index is 0.163. The van der Waals surface area contributed by atoms with E-state index in [9.17, 15) is 8.78 Å². The predicted octanol–water partition coefficient (Wildman–Crippen LogP) is 4.99. The van der Waals surface area contributed by atoms with Crippen LogP contribution in [-0.2, 0) is 5.41 Å². The molecule has 0 radical (unpaired) electrons. The maximum absolute atomic E-state index is 13.4. The molecule has 0 N–H and O–H groups in total. The quantitative estimate of drug-likeness (QED) is 0.616. The third-order valence-electron chi connectivity index (χ3n) is 3.69. The number of rotatable bonds is 1. The molecule has 2 rings (SSSR count). The maximum Gasteiger partial charge on any atom is 0.126 e. The van der Waals surface area contributed by atoms with E-state index in [1.807, 2.05) is 0 Å². The topological polar surface area (TPSA) is 0 Å². The van der Waals surface area contributed by atoms with Gasteiger partial charge in [0.25, 0.3) is 0 Å². The minimum Gasteiger partial charge on any atom is -0.207 e. The molecule has 0 aliphatic heterocycles. The highest BCUT2D eigenvalue weighted by Gasteiger charge is 2.36. The molecule has 1 aliphatic carbocycles. The lowest BCUT2D eigenvalue weighted by Gasteiger charge is -2.41. The third kappa shape index (κ3) is 2.63. The van der Waals surface area contributed by atoms with Crippen LogP contribution in [0, 0.1) is 17.0 Å². The Labute approximate surface area is 108 Å². The Morgan fingerprint density at radius 1 is 1.00 bits per heavy atom. The highest BCUT2D eigenvalue weighted by Crippen LogP contribution is 2.46. The average molecular weight is 250 g/mol. The van der Waals surface area contributed by atoms with Crippen molar-refractivity contribution in [3.05, 3.63) is 47.0 Å². The van der Waals surface area contributed by atoms with Gasteiger partial charge in [0, 0.05) is 11.5 Å². The van der Waals surface area contributed by atoms with Gasteiger partial charge in [-0.1, -0.05) is 32.4 Å². The van der Waals surface area contributed by atoms with Gasteiger partial charge in [-0.15, -0.1) is 0 Å². The fourth-order valence-corrected chi connectivity index (χ4v) is 3.53. The average Bonchev–Trinajstić information content (AvgIpc) is 2.11. The summed E-state index contributed by atoms with van der Waals surface area (Å²) in [5.74, 6) is -0.999. The molecule has 0 bridgehead atoms. The number of hydrogen-bond acceptors (Lipinski definition) is 0. The maximum atomic E-state index is 13.4. The van der Waals surface area contributed by atoms with E-state index in [4.69, 9.17) is 0 Å². The summed E-state index contributed by atoms with van der Waals surface area (Å²) in [6.45, 7) is 8.56. The molecule has 0 unspecified atom stereocenters. The Bertz CT molecular complexity index is 480. The summed E-state index contributed by atoms with van der Waals surface area (Å²) in [6, 6.07) is 3.83. The number of allylic oxidation sites excluding steroid dienone is 2. The van der Waals surface area contributed by atoms with Crippen LogP contribution in [0.1, 0.15) is 46.1 Å². The van der Waals surface area contributed by atoms with Crippen molar-refractivity contribution in [1.82, 2.24) is 0 Å². The van der Waals surface area contributed by atoms with E-state index in [0.717, 1.165) is 24.5 Å². The van der Waals surface area contributed by atoms with Crippen LogP contribution in [-0.4, -0.2) is 0 Å². The first kappa shape index (κ1) is 13.3. The van der Waals surface area contributed by atoms with E-state index >= 15 is 0 Å². The first-order valence-electron chi connectivity index (χ1n) is 6.35. The summed E-state index contributed by atoms with van der Waals surface area (Å²) in [4.78, 5) is 0. The molecule has 0 amide bonds. The van der Waals surface area contributed by atoms with Gasteiger partial charge in [0.1, 0.15) is 11.6 Å². The molecule has 0 spiro atoms. The van der Waals surface area contributed by atoms with Crippen molar-refractivity contribution in [2.75, 3.05) is 0 Å². The fraction of sp³-hybridized carbons (Fsp3) is 0.500. The van der Waals surface area contributed by atoms with Crippen molar-refractivity contribution < 1.29 is 8.78 Å². The van der Waals surface area contributed by atoms with Gasteiger partial charge in [-0.25, -0.2) is 8.78 Å². The van der Waals surface area contributed by atoms with Crippen LogP contribution in [0.5, 0.6) is 0 Å². The molecule has 98 valence electrons.